The van der Waals surface area contributed by atoms with E-state index in [9.17, 15) is 5.11 Å². The number of hydrogen-bond acceptors (Lipinski definition) is 4. The van der Waals surface area contributed by atoms with Crippen LogP contribution in [-0.4, -0.2) is 83.8 Å². The fourth-order valence-electron chi connectivity index (χ4n) is 4.42. The van der Waals surface area contributed by atoms with Crippen LogP contribution in [0.25, 0.3) is 0 Å². The van der Waals surface area contributed by atoms with Gasteiger partial charge in [0.25, 0.3) is 0 Å². The Kier molecular flexibility index (Phi) is 4.65. The van der Waals surface area contributed by atoms with Crippen LogP contribution in [-0.2, 0) is 0 Å². The van der Waals surface area contributed by atoms with Gasteiger partial charge in [-0.25, -0.2) is 0 Å². The van der Waals surface area contributed by atoms with E-state index in [1.54, 1.807) is 0 Å². The summed E-state index contributed by atoms with van der Waals surface area (Å²) < 4.78 is 0. The lowest BCUT2D eigenvalue weighted by molar-refractivity contribution is 0.0246. The molecule has 116 valence electrons. The zero-order valence-corrected chi connectivity index (χ0v) is 13.2. The van der Waals surface area contributed by atoms with Gasteiger partial charge in [-0.15, -0.1) is 0 Å². The second-order valence-corrected chi connectivity index (χ2v) is 7.07. The Morgan fingerprint density at radius 1 is 1.00 bits per heavy atom. The van der Waals surface area contributed by atoms with Crippen molar-refractivity contribution in [3.8, 4) is 0 Å². The van der Waals surface area contributed by atoms with Crippen LogP contribution in [0.15, 0.2) is 0 Å². The first-order chi connectivity index (χ1) is 9.67. The predicted octanol–water partition coefficient (Wildman–Crippen LogP) is 1.00. The van der Waals surface area contributed by atoms with Crippen molar-refractivity contribution in [3.05, 3.63) is 0 Å². The Bertz CT molecular complexity index is 303. The van der Waals surface area contributed by atoms with Crippen LogP contribution in [0.3, 0.4) is 0 Å². The number of piperazine rings is 1. The third-order valence-corrected chi connectivity index (χ3v) is 5.94. The normalized spacial score (nSPS) is 38.2. The Labute approximate surface area is 123 Å². The topological polar surface area (TPSA) is 30.0 Å². The largest absolute Gasteiger partial charge is 0.392 e. The number of fused-ring (bicyclic) bond motifs is 2. The molecule has 0 aromatic carbocycles. The zero-order chi connectivity index (χ0) is 14.1. The van der Waals surface area contributed by atoms with E-state index in [0.29, 0.717) is 0 Å². The lowest BCUT2D eigenvalue weighted by Gasteiger charge is -2.45. The summed E-state index contributed by atoms with van der Waals surface area (Å²) in [7, 11) is 2.32. The molecule has 0 aliphatic carbocycles. The zero-order valence-electron chi connectivity index (χ0n) is 13.2. The number of β-amino-alcohol motifs (C(OH)–C–C–N with tert-alkyl or cyclic N) is 1. The summed E-state index contributed by atoms with van der Waals surface area (Å²) in [6, 6.07) is 2.51. The summed E-state index contributed by atoms with van der Waals surface area (Å²) in [6.07, 6.45) is 6.33. The van der Waals surface area contributed by atoms with Crippen molar-refractivity contribution in [1.82, 2.24) is 14.7 Å². The highest BCUT2D eigenvalue weighted by atomic mass is 16.3. The minimum absolute atomic E-state index is 0.138. The van der Waals surface area contributed by atoms with Gasteiger partial charge >= 0.3 is 0 Å². The molecule has 0 spiro atoms. The molecule has 1 unspecified atom stereocenters. The van der Waals surface area contributed by atoms with Crippen molar-refractivity contribution >= 4 is 0 Å². The predicted molar refractivity (Wildman–Crippen MR) is 81.9 cm³/mol. The van der Waals surface area contributed by atoms with Gasteiger partial charge in [0, 0.05) is 50.8 Å². The van der Waals surface area contributed by atoms with Crippen LogP contribution >= 0.6 is 0 Å². The molecule has 0 aromatic rings. The minimum Gasteiger partial charge on any atom is -0.392 e. The average Bonchev–Trinajstić information content (AvgIpc) is 2.68. The van der Waals surface area contributed by atoms with E-state index in [1.807, 2.05) is 0 Å². The molecule has 0 radical (unpaired) electrons. The number of nitrogens with zero attached hydrogens (tertiary/aromatic N) is 3. The van der Waals surface area contributed by atoms with Gasteiger partial charge in [0.05, 0.1) is 6.10 Å². The molecule has 3 saturated heterocycles. The quantitative estimate of drug-likeness (QED) is 0.833. The maximum atomic E-state index is 9.77. The molecule has 4 atom stereocenters. The summed E-state index contributed by atoms with van der Waals surface area (Å²) in [5, 5.41) is 9.77. The highest BCUT2D eigenvalue weighted by Crippen LogP contribution is 2.36. The lowest BCUT2D eigenvalue weighted by atomic mass is 9.96. The molecular weight excluding hydrogens is 250 g/mol. The first kappa shape index (κ1) is 14.8. The van der Waals surface area contributed by atoms with Gasteiger partial charge < -0.3 is 10.0 Å². The van der Waals surface area contributed by atoms with Crippen LogP contribution in [0.1, 0.15) is 39.0 Å². The Hall–Kier alpha value is -0.160. The molecule has 3 fully saturated rings. The van der Waals surface area contributed by atoms with Crippen molar-refractivity contribution in [3.63, 3.8) is 0 Å². The van der Waals surface area contributed by atoms with Crippen LogP contribution in [0.5, 0.6) is 0 Å². The first-order valence-electron chi connectivity index (χ1n) is 8.53. The molecule has 3 aliphatic rings. The van der Waals surface area contributed by atoms with Crippen LogP contribution in [0.4, 0.5) is 0 Å². The fourth-order valence-corrected chi connectivity index (χ4v) is 4.42. The molecule has 1 N–H and O–H groups in total. The van der Waals surface area contributed by atoms with Gasteiger partial charge in [-0.1, -0.05) is 6.92 Å². The number of rotatable bonds is 4. The highest BCUT2D eigenvalue weighted by molar-refractivity contribution is 4.97. The number of aliphatic hydroxyl groups is 1. The molecule has 3 rings (SSSR count). The van der Waals surface area contributed by atoms with E-state index in [0.717, 1.165) is 44.2 Å². The Balaban J connectivity index is 1.47. The van der Waals surface area contributed by atoms with Crippen molar-refractivity contribution in [2.24, 2.45) is 0 Å². The fraction of sp³-hybridized carbons (Fsp3) is 1.00. The molecule has 4 heteroatoms. The maximum Gasteiger partial charge on any atom is 0.0664 e. The van der Waals surface area contributed by atoms with Crippen LogP contribution < -0.4 is 0 Å². The van der Waals surface area contributed by atoms with E-state index < -0.39 is 0 Å². The van der Waals surface area contributed by atoms with Gasteiger partial charge in [0.15, 0.2) is 0 Å². The van der Waals surface area contributed by atoms with Crippen LogP contribution in [0.2, 0.25) is 0 Å². The molecule has 20 heavy (non-hydrogen) atoms. The van der Waals surface area contributed by atoms with Crippen molar-refractivity contribution in [2.45, 2.75) is 63.3 Å². The van der Waals surface area contributed by atoms with Gasteiger partial charge in [0.2, 0.25) is 0 Å². The summed E-state index contributed by atoms with van der Waals surface area (Å²) in [6.45, 7) is 7.60. The SMILES string of the molecule is CC[C@H](O)CN1CCN(C2C[C@H]3CC[C@@H](C2)N3C)CC1. The van der Waals surface area contributed by atoms with Crippen molar-refractivity contribution in [2.75, 3.05) is 39.8 Å². The van der Waals surface area contributed by atoms with E-state index in [2.05, 4.69) is 28.7 Å². The Morgan fingerprint density at radius 3 is 2.15 bits per heavy atom. The average molecular weight is 281 g/mol. The summed E-state index contributed by atoms with van der Waals surface area (Å²) in [5.41, 5.74) is 0. The van der Waals surface area contributed by atoms with Gasteiger partial charge in [0.1, 0.15) is 0 Å². The second kappa shape index (κ2) is 6.30. The molecule has 3 heterocycles. The molecule has 3 aliphatic heterocycles. The van der Waals surface area contributed by atoms with Crippen LogP contribution in [0, 0.1) is 0 Å². The second-order valence-electron chi connectivity index (χ2n) is 7.07. The van der Waals surface area contributed by atoms with Gasteiger partial charge in [-0.05, 0) is 39.2 Å². The van der Waals surface area contributed by atoms with E-state index in [1.165, 1.54) is 38.8 Å². The van der Waals surface area contributed by atoms with Gasteiger partial charge in [-0.3, -0.25) is 9.80 Å². The summed E-state index contributed by atoms with van der Waals surface area (Å²) in [5.74, 6) is 0. The maximum absolute atomic E-state index is 9.77. The smallest absolute Gasteiger partial charge is 0.0664 e. The number of aliphatic hydroxyl groups excluding tert-OH is 1. The summed E-state index contributed by atoms with van der Waals surface area (Å²) >= 11 is 0. The van der Waals surface area contributed by atoms with E-state index in [4.69, 9.17) is 0 Å². The number of hydrogen-bond donors (Lipinski definition) is 1. The number of piperidine rings is 1. The van der Waals surface area contributed by atoms with Gasteiger partial charge in [-0.2, -0.15) is 0 Å². The third kappa shape index (κ3) is 3.03. The molecular formula is C16H31N3O. The minimum atomic E-state index is -0.138. The van der Waals surface area contributed by atoms with Crippen molar-refractivity contribution < 1.29 is 5.11 Å². The molecule has 0 amide bonds. The Morgan fingerprint density at radius 2 is 1.60 bits per heavy atom. The first-order valence-corrected chi connectivity index (χ1v) is 8.53. The van der Waals surface area contributed by atoms with Crippen molar-refractivity contribution in [1.29, 1.82) is 0 Å². The molecule has 2 bridgehead atoms. The third-order valence-electron chi connectivity index (χ3n) is 5.94. The lowest BCUT2D eigenvalue weighted by Crippen LogP contribution is -2.55. The molecule has 0 saturated carbocycles. The standard InChI is InChI=1S/C16H31N3O/c1-3-16(20)12-18-6-8-19(9-7-18)15-10-13-4-5-14(11-15)17(13)2/h13-16,20H,3-12H2,1-2H3/t13-,14+,15?,16-/m0/s1. The summed E-state index contributed by atoms with van der Waals surface area (Å²) in [4.78, 5) is 7.80. The molecule has 0 aromatic heterocycles. The van der Waals surface area contributed by atoms with E-state index >= 15 is 0 Å². The molecule has 4 nitrogen and oxygen atoms in total. The highest BCUT2D eigenvalue weighted by Gasteiger charge is 2.40. The monoisotopic (exact) mass is 281 g/mol. The van der Waals surface area contributed by atoms with E-state index in [-0.39, 0.29) is 6.10 Å².